The molecule has 2 N–H and O–H groups in total. The van der Waals surface area contributed by atoms with E-state index >= 15 is 0 Å². The maximum atomic E-state index is 12.3. The molecule has 0 bridgehead atoms. The number of nitrogens with zero attached hydrogens (tertiary/aromatic N) is 4. The summed E-state index contributed by atoms with van der Waals surface area (Å²) in [4.78, 5) is 16.4. The molecular weight excluding hydrogens is 292 g/mol. The summed E-state index contributed by atoms with van der Waals surface area (Å²) in [6, 6.07) is 2.93. The SMILES string of the molecule is CCNc1cc(C(=O)NC(C)c2nncn2C)cc(Cl)n1. The highest BCUT2D eigenvalue weighted by molar-refractivity contribution is 6.29. The molecule has 2 aromatic heterocycles. The summed E-state index contributed by atoms with van der Waals surface area (Å²) in [5.41, 5.74) is 0.444. The largest absolute Gasteiger partial charge is 0.370 e. The molecule has 1 unspecified atom stereocenters. The number of pyridine rings is 1. The Bertz CT molecular complexity index is 641. The van der Waals surface area contributed by atoms with E-state index in [0.717, 1.165) is 0 Å². The quantitative estimate of drug-likeness (QED) is 0.823. The van der Waals surface area contributed by atoms with Gasteiger partial charge in [-0.05, 0) is 26.0 Å². The maximum absolute atomic E-state index is 12.3. The van der Waals surface area contributed by atoms with Crippen LogP contribution in [0.25, 0.3) is 0 Å². The summed E-state index contributed by atoms with van der Waals surface area (Å²) in [7, 11) is 1.82. The molecule has 0 saturated heterocycles. The van der Waals surface area contributed by atoms with E-state index in [1.165, 1.54) is 6.07 Å². The lowest BCUT2D eigenvalue weighted by Crippen LogP contribution is -2.28. The fourth-order valence-corrected chi connectivity index (χ4v) is 2.14. The number of carbonyl (C=O) groups excluding carboxylic acids is 1. The van der Waals surface area contributed by atoms with E-state index in [4.69, 9.17) is 11.6 Å². The summed E-state index contributed by atoms with van der Waals surface area (Å²) < 4.78 is 1.76. The second kappa shape index (κ2) is 6.53. The standard InChI is InChI=1S/C13H17ClN6O/c1-4-15-11-6-9(5-10(14)18-11)13(21)17-8(2)12-19-16-7-20(12)3/h5-8H,4H2,1-3H3,(H,15,18)(H,17,21). The predicted octanol–water partition coefficient (Wildman–Crippen LogP) is 1.79. The van der Waals surface area contributed by atoms with Crippen LogP contribution < -0.4 is 10.6 Å². The molecule has 7 nitrogen and oxygen atoms in total. The second-order valence-electron chi connectivity index (χ2n) is 4.59. The number of amides is 1. The van der Waals surface area contributed by atoms with Gasteiger partial charge in [-0.1, -0.05) is 11.6 Å². The van der Waals surface area contributed by atoms with Gasteiger partial charge in [-0.15, -0.1) is 10.2 Å². The summed E-state index contributed by atoms with van der Waals surface area (Å²) >= 11 is 5.93. The van der Waals surface area contributed by atoms with Crippen molar-refractivity contribution in [1.82, 2.24) is 25.1 Å². The Kier molecular flexibility index (Phi) is 4.74. The van der Waals surface area contributed by atoms with Crippen LogP contribution in [0.15, 0.2) is 18.5 Å². The van der Waals surface area contributed by atoms with Crippen LogP contribution in [0.5, 0.6) is 0 Å². The van der Waals surface area contributed by atoms with Crippen molar-refractivity contribution in [2.75, 3.05) is 11.9 Å². The molecule has 0 aromatic carbocycles. The van der Waals surface area contributed by atoms with Crippen LogP contribution in [-0.2, 0) is 7.05 Å². The van der Waals surface area contributed by atoms with Crippen LogP contribution in [0.4, 0.5) is 5.82 Å². The van der Waals surface area contributed by atoms with Gasteiger partial charge in [0.1, 0.15) is 17.3 Å². The third-order valence-electron chi connectivity index (χ3n) is 2.90. The lowest BCUT2D eigenvalue weighted by molar-refractivity contribution is 0.0937. The molecule has 0 saturated carbocycles. The summed E-state index contributed by atoms with van der Waals surface area (Å²) in [6.07, 6.45) is 1.59. The van der Waals surface area contributed by atoms with Gasteiger partial charge in [0.05, 0.1) is 6.04 Å². The molecule has 0 aliphatic rings. The third kappa shape index (κ3) is 3.69. The summed E-state index contributed by atoms with van der Waals surface area (Å²) in [5.74, 6) is 1.01. The first-order chi connectivity index (χ1) is 10.0. The van der Waals surface area contributed by atoms with Gasteiger partial charge in [-0.3, -0.25) is 4.79 Å². The molecule has 1 atom stereocenters. The molecule has 112 valence electrons. The van der Waals surface area contributed by atoms with Crippen LogP contribution in [0.1, 0.15) is 36.1 Å². The zero-order valence-corrected chi connectivity index (χ0v) is 12.8. The number of halogens is 1. The molecule has 8 heteroatoms. The zero-order valence-electron chi connectivity index (χ0n) is 12.1. The van der Waals surface area contributed by atoms with Gasteiger partial charge >= 0.3 is 0 Å². The Labute approximate surface area is 127 Å². The lowest BCUT2D eigenvalue weighted by atomic mass is 10.2. The molecule has 21 heavy (non-hydrogen) atoms. The fourth-order valence-electron chi connectivity index (χ4n) is 1.93. The number of anilines is 1. The zero-order chi connectivity index (χ0) is 15.4. The molecule has 2 rings (SSSR count). The number of nitrogens with one attached hydrogen (secondary N) is 2. The van der Waals surface area contributed by atoms with Crippen molar-refractivity contribution in [3.05, 3.63) is 35.0 Å². The van der Waals surface area contributed by atoms with Gasteiger partial charge in [-0.25, -0.2) is 4.98 Å². The second-order valence-corrected chi connectivity index (χ2v) is 4.98. The minimum atomic E-state index is -0.264. The topological polar surface area (TPSA) is 84.7 Å². The molecule has 0 fully saturated rings. The predicted molar refractivity (Wildman–Crippen MR) is 80.3 cm³/mol. The first-order valence-electron chi connectivity index (χ1n) is 6.57. The van der Waals surface area contributed by atoms with Gasteiger partial charge in [0, 0.05) is 19.2 Å². The molecule has 0 radical (unpaired) electrons. The van der Waals surface area contributed by atoms with E-state index in [0.29, 0.717) is 23.8 Å². The average molecular weight is 309 g/mol. The smallest absolute Gasteiger partial charge is 0.252 e. The van der Waals surface area contributed by atoms with Gasteiger partial charge in [0.15, 0.2) is 5.82 Å². The van der Waals surface area contributed by atoms with Crippen molar-refractivity contribution < 1.29 is 4.79 Å². The molecule has 0 aliphatic heterocycles. The van der Waals surface area contributed by atoms with E-state index < -0.39 is 0 Å². The average Bonchev–Trinajstić information content (AvgIpc) is 2.84. The number of aryl methyl sites for hydroxylation is 1. The fraction of sp³-hybridized carbons (Fsp3) is 0.385. The Morgan fingerprint density at radius 3 is 2.86 bits per heavy atom. The normalized spacial score (nSPS) is 12.0. The number of rotatable bonds is 5. The highest BCUT2D eigenvalue weighted by Crippen LogP contribution is 2.16. The van der Waals surface area contributed by atoms with Crippen molar-refractivity contribution in [3.8, 4) is 0 Å². The van der Waals surface area contributed by atoms with Crippen molar-refractivity contribution in [2.45, 2.75) is 19.9 Å². The molecular formula is C13H17ClN6O. The highest BCUT2D eigenvalue weighted by atomic mass is 35.5. The number of hydrogen-bond donors (Lipinski definition) is 2. The Balaban J connectivity index is 2.15. The molecule has 2 aromatic rings. The van der Waals surface area contributed by atoms with Crippen LogP contribution in [0, 0.1) is 0 Å². The van der Waals surface area contributed by atoms with E-state index in [9.17, 15) is 4.79 Å². The minimum Gasteiger partial charge on any atom is -0.370 e. The third-order valence-corrected chi connectivity index (χ3v) is 3.09. The van der Waals surface area contributed by atoms with Crippen LogP contribution in [-0.4, -0.2) is 32.2 Å². The lowest BCUT2D eigenvalue weighted by Gasteiger charge is -2.13. The summed E-state index contributed by atoms with van der Waals surface area (Å²) in [6.45, 7) is 4.48. The van der Waals surface area contributed by atoms with Gasteiger partial charge in [0.2, 0.25) is 0 Å². The number of hydrogen-bond acceptors (Lipinski definition) is 5. The van der Waals surface area contributed by atoms with E-state index in [1.807, 2.05) is 20.9 Å². The Hall–Kier alpha value is -2.15. The minimum absolute atomic E-state index is 0.242. The van der Waals surface area contributed by atoms with Crippen molar-refractivity contribution in [1.29, 1.82) is 0 Å². The first-order valence-corrected chi connectivity index (χ1v) is 6.95. The monoisotopic (exact) mass is 308 g/mol. The Morgan fingerprint density at radius 1 is 1.48 bits per heavy atom. The van der Waals surface area contributed by atoms with Crippen molar-refractivity contribution >= 4 is 23.3 Å². The maximum Gasteiger partial charge on any atom is 0.252 e. The van der Waals surface area contributed by atoms with E-state index in [-0.39, 0.29) is 17.1 Å². The van der Waals surface area contributed by atoms with Gasteiger partial charge in [-0.2, -0.15) is 0 Å². The highest BCUT2D eigenvalue weighted by Gasteiger charge is 2.16. The van der Waals surface area contributed by atoms with E-state index in [2.05, 4.69) is 25.8 Å². The number of aromatic nitrogens is 4. The Morgan fingerprint density at radius 2 is 2.24 bits per heavy atom. The van der Waals surface area contributed by atoms with Crippen molar-refractivity contribution in [2.24, 2.45) is 7.05 Å². The van der Waals surface area contributed by atoms with Gasteiger partial charge < -0.3 is 15.2 Å². The molecule has 2 heterocycles. The van der Waals surface area contributed by atoms with Crippen LogP contribution in [0.3, 0.4) is 0 Å². The first kappa shape index (κ1) is 15.2. The van der Waals surface area contributed by atoms with Crippen LogP contribution in [0.2, 0.25) is 5.15 Å². The van der Waals surface area contributed by atoms with Crippen molar-refractivity contribution in [3.63, 3.8) is 0 Å². The molecule has 0 aliphatic carbocycles. The van der Waals surface area contributed by atoms with E-state index in [1.54, 1.807) is 17.0 Å². The molecule has 0 spiro atoms. The number of carbonyl (C=O) groups is 1. The summed E-state index contributed by atoms with van der Waals surface area (Å²) in [5, 5.41) is 13.9. The van der Waals surface area contributed by atoms with Gasteiger partial charge in [0.25, 0.3) is 5.91 Å². The molecule has 1 amide bonds. The van der Waals surface area contributed by atoms with Crippen LogP contribution >= 0.6 is 11.6 Å².